The van der Waals surface area contributed by atoms with E-state index < -0.39 is 0 Å². The van der Waals surface area contributed by atoms with Crippen LogP contribution in [-0.2, 0) is 0 Å². The van der Waals surface area contributed by atoms with Crippen molar-refractivity contribution in [3.63, 3.8) is 0 Å². The first-order valence-corrected chi connectivity index (χ1v) is 7.27. The summed E-state index contributed by atoms with van der Waals surface area (Å²) in [4.78, 5) is 18.8. The van der Waals surface area contributed by atoms with Crippen LogP contribution in [0.4, 0.5) is 0 Å². The molecule has 0 radical (unpaired) electrons. The molecular weight excluding hydrogens is 238 g/mol. The maximum Gasteiger partial charge on any atom is 0.272 e. The summed E-state index contributed by atoms with van der Waals surface area (Å²) in [5, 5.41) is 3.42. The lowest BCUT2D eigenvalue weighted by Gasteiger charge is -2.30. The molecule has 1 unspecified atom stereocenters. The first-order valence-electron chi connectivity index (χ1n) is 7.27. The Morgan fingerprint density at radius 1 is 1.37 bits per heavy atom. The Morgan fingerprint density at radius 2 is 2.26 bits per heavy atom. The van der Waals surface area contributed by atoms with E-state index in [1.54, 1.807) is 6.20 Å². The minimum atomic E-state index is 0.105. The van der Waals surface area contributed by atoms with Gasteiger partial charge < -0.3 is 10.2 Å². The number of aromatic nitrogens is 1. The molecule has 0 bridgehead atoms. The number of nitrogens with one attached hydrogen (secondary N) is 1. The fourth-order valence-corrected chi connectivity index (χ4v) is 2.78. The standard InChI is InChI=1S/C15H21N3O/c19-15(14-5-1-2-9-17-14)18(13-6-7-13)11-12-4-3-8-16-10-12/h1-2,5,9,12-13,16H,3-4,6-8,10-11H2. The third-order valence-corrected chi connectivity index (χ3v) is 3.99. The van der Waals surface area contributed by atoms with Gasteiger partial charge in [0.25, 0.3) is 5.91 Å². The number of nitrogens with zero attached hydrogens (tertiary/aromatic N) is 2. The van der Waals surface area contributed by atoms with Gasteiger partial charge in [-0.3, -0.25) is 9.78 Å². The second-order valence-corrected chi connectivity index (χ2v) is 5.62. The topological polar surface area (TPSA) is 45.2 Å². The van der Waals surface area contributed by atoms with Crippen molar-refractivity contribution in [3.05, 3.63) is 30.1 Å². The van der Waals surface area contributed by atoms with Crippen molar-refractivity contribution in [2.45, 2.75) is 31.7 Å². The lowest BCUT2D eigenvalue weighted by molar-refractivity contribution is 0.0698. The third kappa shape index (κ3) is 3.13. The summed E-state index contributed by atoms with van der Waals surface area (Å²) in [5.41, 5.74) is 0.582. The fourth-order valence-electron chi connectivity index (χ4n) is 2.78. The van der Waals surface area contributed by atoms with Crippen LogP contribution >= 0.6 is 0 Å². The quantitative estimate of drug-likeness (QED) is 0.895. The molecule has 1 aromatic heterocycles. The Hall–Kier alpha value is -1.42. The van der Waals surface area contributed by atoms with Gasteiger partial charge in [-0.2, -0.15) is 0 Å². The van der Waals surface area contributed by atoms with Gasteiger partial charge in [-0.25, -0.2) is 0 Å². The van der Waals surface area contributed by atoms with Gasteiger partial charge in [0, 0.05) is 18.8 Å². The van der Waals surface area contributed by atoms with Crippen LogP contribution in [0.2, 0.25) is 0 Å². The summed E-state index contributed by atoms with van der Waals surface area (Å²) in [6, 6.07) is 6.00. The molecule has 102 valence electrons. The van der Waals surface area contributed by atoms with Gasteiger partial charge >= 0.3 is 0 Å². The molecule has 1 atom stereocenters. The van der Waals surface area contributed by atoms with Crippen LogP contribution in [0, 0.1) is 5.92 Å². The summed E-state index contributed by atoms with van der Waals surface area (Å²) < 4.78 is 0. The predicted molar refractivity (Wildman–Crippen MR) is 73.9 cm³/mol. The van der Waals surface area contributed by atoms with E-state index >= 15 is 0 Å². The summed E-state index contributed by atoms with van der Waals surface area (Å²) >= 11 is 0. The van der Waals surface area contributed by atoms with E-state index in [2.05, 4.69) is 15.2 Å². The molecule has 1 saturated carbocycles. The second kappa shape index (κ2) is 5.70. The van der Waals surface area contributed by atoms with Crippen LogP contribution in [0.15, 0.2) is 24.4 Å². The Balaban J connectivity index is 1.68. The van der Waals surface area contributed by atoms with E-state index in [1.165, 1.54) is 12.8 Å². The lowest BCUT2D eigenvalue weighted by atomic mass is 9.99. The molecule has 1 amide bonds. The molecule has 1 aliphatic carbocycles. The number of pyridine rings is 1. The van der Waals surface area contributed by atoms with Crippen molar-refractivity contribution in [1.82, 2.24) is 15.2 Å². The van der Waals surface area contributed by atoms with Crippen molar-refractivity contribution in [2.75, 3.05) is 19.6 Å². The predicted octanol–water partition coefficient (Wildman–Crippen LogP) is 1.69. The molecule has 2 aliphatic rings. The number of rotatable bonds is 4. The molecule has 19 heavy (non-hydrogen) atoms. The summed E-state index contributed by atoms with van der Waals surface area (Å²) in [6.45, 7) is 3.04. The normalized spacial score (nSPS) is 23.1. The highest BCUT2D eigenvalue weighted by Crippen LogP contribution is 2.29. The fraction of sp³-hybridized carbons (Fsp3) is 0.600. The van der Waals surface area contributed by atoms with Crippen LogP contribution in [-0.4, -0.2) is 41.5 Å². The highest BCUT2D eigenvalue weighted by molar-refractivity contribution is 5.92. The van der Waals surface area contributed by atoms with Gasteiger partial charge in [0.2, 0.25) is 0 Å². The van der Waals surface area contributed by atoms with Crippen LogP contribution in [0.25, 0.3) is 0 Å². The van der Waals surface area contributed by atoms with E-state index in [-0.39, 0.29) is 5.91 Å². The Bertz CT molecular complexity index is 424. The Morgan fingerprint density at radius 3 is 2.89 bits per heavy atom. The molecule has 1 N–H and O–H groups in total. The molecule has 0 aromatic carbocycles. The first kappa shape index (κ1) is 12.6. The van der Waals surface area contributed by atoms with Gasteiger partial charge in [-0.15, -0.1) is 0 Å². The van der Waals surface area contributed by atoms with Gasteiger partial charge in [0.1, 0.15) is 5.69 Å². The van der Waals surface area contributed by atoms with Crippen LogP contribution in [0.1, 0.15) is 36.2 Å². The number of carbonyl (C=O) groups excluding carboxylic acids is 1. The average Bonchev–Trinajstić information content (AvgIpc) is 3.31. The van der Waals surface area contributed by atoms with E-state index in [1.807, 2.05) is 18.2 Å². The van der Waals surface area contributed by atoms with Crippen molar-refractivity contribution >= 4 is 5.91 Å². The highest BCUT2D eigenvalue weighted by atomic mass is 16.2. The average molecular weight is 259 g/mol. The summed E-state index contributed by atoms with van der Waals surface area (Å²) in [5.74, 6) is 0.704. The minimum Gasteiger partial charge on any atom is -0.334 e. The zero-order valence-corrected chi connectivity index (χ0v) is 11.2. The number of hydrogen-bond acceptors (Lipinski definition) is 3. The van der Waals surface area contributed by atoms with Gasteiger partial charge in [-0.05, 0) is 56.8 Å². The third-order valence-electron chi connectivity index (χ3n) is 3.99. The molecule has 3 rings (SSSR count). The minimum absolute atomic E-state index is 0.105. The SMILES string of the molecule is O=C(c1ccccn1)N(CC1CCCNC1)C1CC1. The zero-order chi connectivity index (χ0) is 13.1. The Kier molecular flexibility index (Phi) is 3.78. The maximum absolute atomic E-state index is 12.5. The molecule has 0 spiro atoms. The molecule has 4 nitrogen and oxygen atoms in total. The van der Waals surface area contributed by atoms with Crippen molar-refractivity contribution in [1.29, 1.82) is 0 Å². The lowest BCUT2D eigenvalue weighted by Crippen LogP contribution is -2.42. The van der Waals surface area contributed by atoms with Gasteiger partial charge in [0.05, 0.1) is 0 Å². The number of hydrogen-bond donors (Lipinski definition) is 1. The Labute approximate surface area is 114 Å². The van der Waals surface area contributed by atoms with Crippen molar-refractivity contribution in [3.8, 4) is 0 Å². The van der Waals surface area contributed by atoms with Crippen LogP contribution in [0.5, 0.6) is 0 Å². The number of carbonyl (C=O) groups is 1. The van der Waals surface area contributed by atoms with Crippen molar-refractivity contribution < 1.29 is 4.79 Å². The zero-order valence-electron chi connectivity index (χ0n) is 11.2. The molecule has 2 fully saturated rings. The monoisotopic (exact) mass is 259 g/mol. The first-order chi connectivity index (χ1) is 9.34. The molecule has 1 saturated heterocycles. The smallest absolute Gasteiger partial charge is 0.272 e. The highest BCUT2D eigenvalue weighted by Gasteiger charge is 2.35. The molecular formula is C15H21N3O. The van der Waals surface area contributed by atoms with E-state index in [4.69, 9.17) is 0 Å². The van der Waals surface area contributed by atoms with E-state index in [9.17, 15) is 4.79 Å². The van der Waals surface area contributed by atoms with Crippen molar-refractivity contribution in [2.24, 2.45) is 5.92 Å². The summed E-state index contributed by atoms with van der Waals surface area (Å²) in [7, 11) is 0. The molecule has 1 aliphatic heterocycles. The summed E-state index contributed by atoms with van der Waals surface area (Å²) in [6.07, 6.45) is 6.45. The number of piperidine rings is 1. The van der Waals surface area contributed by atoms with Gasteiger partial charge in [0.15, 0.2) is 0 Å². The molecule has 4 heteroatoms. The molecule has 1 aromatic rings. The molecule has 2 heterocycles. The number of amides is 1. The van der Waals surface area contributed by atoms with E-state index in [0.717, 1.165) is 32.5 Å². The van der Waals surface area contributed by atoms with Gasteiger partial charge in [-0.1, -0.05) is 6.07 Å². The largest absolute Gasteiger partial charge is 0.334 e. The van der Waals surface area contributed by atoms with E-state index in [0.29, 0.717) is 17.7 Å². The maximum atomic E-state index is 12.5. The second-order valence-electron chi connectivity index (χ2n) is 5.62. The van der Waals surface area contributed by atoms with Crippen LogP contribution < -0.4 is 5.32 Å². The van der Waals surface area contributed by atoms with Crippen LogP contribution in [0.3, 0.4) is 0 Å².